The van der Waals surface area contributed by atoms with Gasteiger partial charge in [0, 0.05) is 19.2 Å². The molecule has 0 saturated heterocycles. The summed E-state index contributed by atoms with van der Waals surface area (Å²) in [4.78, 5) is 2.00. The predicted molar refractivity (Wildman–Crippen MR) is 66.5 cm³/mol. The zero-order valence-corrected chi connectivity index (χ0v) is 10.4. The minimum absolute atomic E-state index is 0.0479. The highest BCUT2D eigenvalue weighted by Gasteiger charge is 2.29. The second-order valence-corrected chi connectivity index (χ2v) is 4.62. The lowest BCUT2D eigenvalue weighted by Gasteiger charge is -2.13. The molecule has 3 rings (SSSR count). The number of alkyl halides is 3. The number of ether oxygens (including phenoxy) is 1. The molecule has 0 fully saturated rings. The molecule has 0 atom stereocenters. The second-order valence-electron chi connectivity index (χ2n) is 4.62. The van der Waals surface area contributed by atoms with Gasteiger partial charge in [-0.25, -0.2) is 0 Å². The van der Waals surface area contributed by atoms with Gasteiger partial charge in [0.25, 0.3) is 0 Å². The van der Waals surface area contributed by atoms with E-state index in [2.05, 4.69) is 14.9 Å². The third-order valence-corrected chi connectivity index (χ3v) is 3.11. The van der Waals surface area contributed by atoms with Crippen LogP contribution >= 0.6 is 0 Å². The van der Waals surface area contributed by atoms with Crippen molar-refractivity contribution < 1.29 is 17.9 Å². The summed E-state index contributed by atoms with van der Waals surface area (Å²) in [5, 5.41) is 6.44. The van der Waals surface area contributed by atoms with Crippen LogP contribution in [0.15, 0.2) is 30.3 Å². The van der Waals surface area contributed by atoms with Crippen molar-refractivity contribution in [2.45, 2.75) is 19.3 Å². The molecule has 0 radical (unpaired) electrons. The predicted octanol–water partition coefficient (Wildman–Crippen LogP) is 2.87. The molecule has 0 unspecified atom stereocenters. The Balaban J connectivity index is 1.67. The molecule has 2 aromatic rings. The average Bonchev–Trinajstić information content (AvgIpc) is 3.01. The highest BCUT2D eigenvalue weighted by Crippen LogP contribution is 2.28. The van der Waals surface area contributed by atoms with Gasteiger partial charge in [-0.1, -0.05) is 24.3 Å². The summed E-state index contributed by atoms with van der Waals surface area (Å²) in [6.45, 7) is 0.0751. The molecular weight excluding hydrogens is 271 g/mol. The van der Waals surface area contributed by atoms with Crippen LogP contribution in [0.4, 0.5) is 19.0 Å². The van der Waals surface area contributed by atoms with Gasteiger partial charge in [0.1, 0.15) is 5.82 Å². The molecule has 106 valence electrons. The minimum Gasteiger partial charge on any atom is -0.467 e. The summed E-state index contributed by atoms with van der Waals surface area (Å²) >= 11 is 0. The van der Waals surface area contributed by atoms with Crippen molar-refractivity contribution in [2.75, 3.05) is 11.5 Å². The highest BCUT2D eigenvalue weighted by atomic mass is 19.4. The Morgan fingerprint density at radius 1 is 1.20 bits per heavy atom. The molecule has 20 heavy (non-hydrogen) atoms. The molecule has 0 bridgehead atoms. The molecule has 1 aliphatic rings. The van der Waals surface area contributed by atoms with Crippen LogP contribution in [0.5, 0.6) is 5.88 Å². The maximum Gasteiger partial charge on any atom is 0.422 e. The third-order valence-electron chi connectivity index (χ3n) is 3.11. The summed E-state index contributed by atoms with van der Waals surface area (Å²) in [6.07, 6.45) is -4.36. The Labute approximate surface area is 113 Å². The molecule has 1 N–H and O–H groups in total. The average molecular weight is 283 g/mol. The molecule has 0 aliphatic carbocycles. The van der Waals surface area contributed by atoms with Gasteiger partial charge in [0.05, 0.1) is 0 Å². The van der Waals surface area contributed by atoms with Gasteiger partial charge in [0.2, 0.25) is 5.88 Å². The summed E-state index contributed by atoms with van der Waals surface area (Å²) in [5.41, 5.74) is 2.42. The number of H-pyrrole nitrogens is 1. The fourth-order valence-electron chi connectivity index (χ4n) is 2.19. The van der Waals surface area contributed by atoms with Gasteiger partial charge in [0.15, 0.2) is 6.61 Å². The van der Waals surface area contributed by atoms with E-state index >= 15 is 0 Å². The van der Waals surface area contributed by atoms with E-state index in [0.29, 0.717) is 18.9 Å². The molecule has 0 amide bonds. The second kappa shape index (κ2) is 4.73. The number of hydrogen-bond donors (Lipinski definition) is 1. The van der Waals surface area contributed by atoms with Crippen LogP contribution in [0.25, 0.3) is 0 Å². The lowest BCUT2D eigenvalue weighted by atomic mass is 10.1. The summed E-state index contributed by atoms with van der Waals surface area (Å²) < 4.78 is 40.8. The van der Waals surface area contributed by atoms with Crippen molar-refractivity contribution in [3.63, 3.8) is 0 Å². The van der Waals surface area contributed by atoms with Crippen molar-refractivity contribution in [3.05, 3.63) is 41.5 Å². The van der Waals surface area contributed by atoms with Gasteiger partial charge in [-0.15, -0.1) is 5.10 Å². The standard InChI is InChI=1S/C13H12F3N3O/c14-13(15,16)8-20-12-5-11(17-18-12)19-6-9-3-1-2-4-10(9)7-19/h1-5H,6-8H2,(H,17,18). The lowest BCUT2D eigenvalue weighted by molar-refractivity contribution is -0.154. The molecule has 4 nitrogen and oxygen atoms in total. The van der Waals surface area contributed by atoms with Crippen LogP contribution in [0.3, 0.4) is 0 Å². The number of fused-ring (bicyclic) bond motifs is 1. The van der Waals surface area contributed by atoms with Crippen LogP contribution in [0.2, 0.25) is 0 Å². The minimum atomic E-state index is -4.36. The Bertz CT molecular complexity index is 584. The number of hydrogen-bond acceptors (Lipinski definition) is 3. The Hall–Kier alpha value is -2.18. The molecular formula is C13H12F3N3O. The Morgan fingerprint density at radius 3 is 2.45 bits per heavy atom. The maximum absolute atomic E-state index is 12.1. The SMILES string of the molecule is FC(F)(F)COc1cc(N2Cc3ccccc3C2)[nH]n1. The number of anilines is 1. The highest BCUT2D eigenvalue weighted by molar-refractivity contribution is 5.48. The lowest BCUT2D eigenvalue weighted by Crippen LogP contribution is -2.19. The first-order chi connectivity index (χ1) is 9.51. The fraction of sp³-hybridized carbons (Fsp3) is 0.308. The summed E-state index contributed by atoms with van der Waals surface area (Å²) in [6, 6.07) is 9.48. The first-order valence-electron chi connectivity index (χ1n) is 6.08. The normalized spacial score (nSPS) is 14.4. The van der Waals surface area contributed by atoms with Crippen LogP contribution in [-0.4, -0.2) is 23.0 Å². The number of benzene rings is 1. The molecule has 1 aromatic heterocycles. The van der Waals surface area contributed by atoms with Crippen molar-refractivity contribution in [1.82, 2.24) is 10.2 Å². The summed E-state index contributed by atoms with van der Waals surface area (Å²) in [5.74, 6) is 0.603. The molecule has 1 aliphatic heterocycles. The smallest absolute Gasteiger partial charge is 0.422 e. The van der Waals surface area contributed by atoms with Crippen molar-refractivity contribution >= 4 is 5.82 Å². The largest absolute Gasteiger partial charge is 0.467 e. The molecule has 7 heteroatoms. The van der Waals surface area contributed by atoms with Gasteiger partial charge >= 0.3 is 6.18 Å². The molecule has 0 saturated carbocycles. The van der Waals surface area contributed by atoms with Crippen LogP contribution in [0.1, 0.15) is 11.1 Å². The Morgan fingerprint density at radius 2 is 1.85 bits per heavy atom. The number of nitrogens with zero attached hydrogens (tertiary/aromatic N) is 2. The zero-order valence-electron chi connectivity index (χ0n) is 10.4. The van der Waals surface area contributed by atoms with Crippen molar-refractivity contribution in [1.29, 1.82) is 0 Å². The topological polar surface area (TPSA) is 41.1 Å². The first-order valence-corrected chi connectivity index (χ1v) is 6.08. The summed E-state index contributed by atoms with van der Waals surface area (Å²) in [7, 11) is 0. The zero-order chi connectivity index (χ0) is 14.2. The van der Waals surface area contributed by atoms with E-state index in [1.165, 1.54) is 17.2 Å². The fourth-order valence-corrected chi connectivity index (χ4v) is 2.19. The van der Waals surface area contributed by atoms with Crippen molar-refractivity contribution in [2.24, 2.45) is 0 Å². The molecule has 2 heterocycles. The molecule has 1 aromatic carbocycles. The van der Waals surface area contributed by atoms with E-state index in [1.54, 1.807) is 0 Å². The van der Waals surface area contributed by atoms with E-state index in [0.717, 1.165) is 0 Å². The monoisotopic (exact) mass is 283 g/mol. The van der Waals surface area contributed by atoms with Gasteiger partial charge in [-0.3, -0.25) is 5.10 Å². The van der Waals surface area contributed by atoms with Crippen LogP contribution in [-0.2, 0) is 13.1 Å². The quantitative estimate of drug-likeness (QED) is 0.941. The number of rotatable bonds is 3. The van der Waals surface area contributed by atoms with E-state index in [1.807, 2.05) is 29.2 Å². The van der Waals surface area contributed by atoms with E-state index < -0.39 is 12.8 Å². The number of halogens is 3. The Kier molecular flexibility index (Phi) is 3.04. The molecule has 0 spiro atoms. The number of aromatic nitrogens is 2. The van der Waals surface area contributed by atoms with Gasteiger partial charge < -0.3 is 9.64 Å². The number of nitrogens with one attached hydrogen (secondary N) is 1. The van der Waals surface area contributed by atoms with Crippen LogP contribution in [0, 0.1) is 0 Å². The van der Waals surface area contributed by atoms with E-state index in [-0.39, 0.29) is 5.88 Å². The van der Waals surface area contributed by atoms with E-state index in [4.69, 9.17) is 0 Å². The third kappa shape index (κ3) is 2.71. The maximum atomic E-state index is 12.1. The van der Waals surface area contributed by atoms with Crippen LogP contribution < -0.4 is 9.64 Å². The van der Waals surface area contributed by atoms with Crippen molar-refractivity contribution in [3.8, 4) is 5.88 Å². The van der Waals surface area contributed by atoms with Gasteiger partial charge in [-0.2, -0.15) is 13.2 Å². The van der Waals surface area contributed by atoms with Gasteiger partial charge in [-0.05, 0) is 11.1 Å². The number of aromatic amines is 1. The first kappa shape index (κ1) is 12.8. The van der Waals surface area contributed by atoms with E-state index in [9.17, 15) is 13.2 Å².